The molecule has 0 saturated carbocycles. The average Bonchev–Trinajstić information content (AvgIpc) is 2.32. The molecule has 1 aromatic rings. The Morgan fingerprint density at radius 2 is 1.90 bits per heavy atom. The van der Waals surface area contributed by atoms with Gasteiger partial charge in [0.1, 0.15) is 5.75 Å². The average molecular weight is 304 g/mol. The molecule has 0 amide bonds. The number of halogens is 3. The summed E-state index contributed by atoms with van der Waals surface area (Å²) in [7, 11) is 0. The Kier molecular flexibility index (Phi) is 4.17. The molecule has 0 bridgehead atoms. The first-order valence-electron chi connectivity index (χ1n) is 6.04. The molecule has 0 atom stereocenters. The highest BCUT2D eigenvalue weighted by Crippen LogP contribution is 2.29. The summed E-state index contributed by atoms with van der Waals surface area (Å²) in [6.45, 7) is 5.02. The Morgan fingerprint density at radius 1 is 1.25 bits per heavy atom. The molecule has 2 rings (SSSR count). The van der Waals surface area contributed by atoms with Crippen LogP contribution in [0, 0.1) is 5.41 Å². The van der Waals surface area contributed by atoms with Crippen molar-refractivity contribution >= 4 is 22.6 Å². The van der Waals surface area contributed by atoms with Crippen LogP contribution in [0.4, 0.5) is 18.9 Å². The summed E-state index contributed by atoms with van der Waals surface area (Å²) >= 11 is 1.61. The number of thioether (sulfide) groups is 1. The van der Waals surface area contributed by atoms with E-state index in [-0.39, 0.29) is 11.2 Å². The van der Waals surface area contributed by atoms with E-state index in [9.17, 15) is 13.2 Å². The first-order valence-corrected chi connectivity index (χ1v) is 7.02. The fourth-order valence-corrected chi connectivity index (χ4v) is 2.54. The van der Waals surface area contributed by atoms with Gasteiger partial charge in [0, 0.05) is 18.0 Å². The first-order chi connectivity index (χ1) is 9.23. The predicted molar refractivity (Wildman–Crippen MR) is 75.3 cm³/mol. The minimum Gasteiger partial charge on any atom is -0.406 e. The van der Waals surface area contributed by atoms with Gasteiger partial charge in [-0.2, -0.15) is 0 Å². The number of amidine groups is 1. The summed E-state index contributed by atoms with van der Waals surface area (Å²) in [4.78, 5) is 4.42. The molecule has 0 aliphatic carbocycles. The van der Waals surface area contributed by atoms with Crippen molar-refractivity contribution in [2.45, 2.75) is 20.2 Å². The maximum Gasteiger partial charge on any atom is 0.573 e. The molecule has 1 N–H and O–H groups in total. The van der Waals surface area contributed by atoms with Gasteiger partial charge in [-0.15, -0.1) is 13.2 Å². The van der Waals surface area contributed by atoms with Crippen molar-refractivity contribution in [3.05, 3.63) is 24.3 Å². The third-order valence-electron chi connectivity index (χ3n) is 2.59. The molecule has 0 saturated heterocycles. The summed E-state index contributed by atoms with van der Waals surface area (Å²) < 4.78 is 39.9. The lowest BCUT2D eigenvalue weighted by atomic mass is 9.97. The van der Waals surface area contributed by atoms with Gasteiger partial charge in [-0.3, -0.25) is 4.99 Å². The number of rotatable bonds is 2. The molecular formula is C13H15F3N2OS. The lowest BCUT2D eigenvalue weighted by molar-refractivity contribution is -0.274. The lowest BCUT2D eigenvalue weighted by Crippen LogP contribution is -2.27. The number of benzene rings is 1. The Morgan fingerprint density at radius 3 is 2.40 bits per heavy atom. The molecule has 1 aromatic carbocycles. The smallest absolute Gasteiger partial charge is 0.406 e. The third-order valence-corrected chi connectivity index (χ3v) is 4.02. The van der Waals surface area contributed by atoms with E-state index in [1.807, 2.05) is 0 Å². The maximum absolute atomic E-state index is 12.0. The Labute approximate surface area is 119 Å². The number of alkyl halides is 3. The number of aliphatic imine (C=N–C) groups is 1. The van der Waals surface area contributed by atoms with Gasteiger partial charge < -0.3 is 10.1 Å². The summed E-state index contributed by atoms with van der Waals surface area (Å²) in [5, 5.41) is 3.87. The quantitative estimate of drug-likeness (QED) is 0.892. The highest BCUT2D eigenvalue weighted by molar-refractivity contribution is 8.14. The maximum atomic E-state index is 12.0. The van der Waals surface area contributed by atoms with Crippen LogP contribution in [-0.4, -0.2) is 23.8 Å². The molecule has 0 aromatic heterocycles. The fourth-order valence-electron chi connectivity index (χ4n) is 1.58. The zero-order chi connectivity index (χ0) is 14.8. The molecule has 7 heteroatoms. The fraction of sp³-hybridized carbons (Fsp3) is 0.462. The van der Waals surface area contributed by atoms with E-state index >= 15 is 0 Å². The number of nitrogens with zero attached hydrogens (tertiary/aromatic N) is 1. The van der Waals surface area contributed by atoms with E-state index in [2.05, 4.69) is 28.9 Å². The largest absolute Gasteiger partial charge is 0.573 e. The van der Waals surface area contributed by atoms with Crippen LogP contribution in [0.5, 0.6) is 5.75 Å². The molecule has 0 fully saturated rings. The summed E-state index contributed by atoms with van der Waals surface area (Å²) in [5.74, 6) is 0.719. The van der Waals surface area contributed by atoms with Gasteiger partial charge in [-0.25, -0.2) is 0 Å². The molecule has 3 nitrogen and oxygen atoms in total. The van der Waals surface area contributed by atoms with E-state index < -0.39 is 6.36 Å². The normalized spacial score (nSPS) is 18.4. The van der Waals surface area contributed by atoms with Crippen LogP contribution in [0.15, 0.2) is 29.3 Å². The number of nitrogens with one attached hydrogen (secondary N) is 1. The standard InChI is InChI=1S/C13H15F3N2OS/c1-12(2)7-17-11(20-8-12)18-9-3-5-10(6-4-9)19-13(14,15)16/h3-6H,7-8H2,1-2H3,(H,17,18). The predicted octanol–water partition coefficient (Wildman–Crippen LogP) is 4.13. The molecule has 110 valence electrons. The minimum absolute atomic E-state index is 0.181. The van der Waals surface area contributed by atoms with E-state index in [1.165, 1.54) is 24.3 Å². The highest BCUT2D eigenvalue weighted by atomic mass is 32.2. The SMILES string of the molecule is CC1(C)CN=C(Nc2ccc(OC(F)(F)F)cc2)SC1. The summed E-state index contributed by atoms with van der Waals surface area (Å²) in [5.41, 5.74) is 0.866. The van der Waals surface area contributed by atoms with Crippen LogP contribution < -0.4 is 10.1 Å². The molecule has 1 aliphatic rings. The van der Waals surface area contributed by atoms with E-state index in [0.717, 1.165) is 17.5 Å². The van der Waals surface area contributed by atoms with E-state index in [0.29, 0.717) is 5.69 Å². The van der Waals surface area contributed by atoms with Gasteiger partial charge in [-0.1, -0.05) is 25.6 Å². The van der Waals surface area contributed by atoms with Crippen LogP contribution in [0.1, 0.15) is 13.8 Å². The van der Waals surface area contributed by atoms with Crippen LogP contribution in [0.2, 0.25) is 0 Å². The van der Waals surface area contributed by atoms with Crippen molar-refractivity contribution < 1.29 is 17.9 Å². The van der Waals surface area contributed by atoms with Crippen molar-refractivity contribution in [2.24, 2.45) is 10.4 Å². The Hall–Kier alpha value is -1.37. The van der Waals surface area contributed by atoms with E-state index in [4.69, 9.17) is 0 Å². The first kappa shape index (κ1) is 15.0. The molecule has 0 radical (unpaired) electrons. The van der Waals surface area contributed by atoms with Gasteiger partial charge in [0.25, 0.3) is 0 Å². The Balaban J connectivity index is 1.96. The van der Waals surface area contributed by atoms with Crippen molar-refractivity contribution in [1.82, 2.24) is 0 Å². The van der Waals surface area contributed by atoms with Gasteiger partial charge in [0.15, 0.2) is 5.17 Å². The molecule has 0 spiro atoms. The van der Waals surface area contributed by atoms with Crippen molar-refractivity contribution in [2.75, 3.05) is 17.6 Å². The summed E-state index contributed by atoms with van der Waals surface area (Å²) in [6.07, 6.45) is -4.66. The Bertz CT molecular complexity index is 497. The molecular weight excluding hydrogens is 289 g/mol. The van der Waals surface area contributed by atoms with Crippen molar-refractivity contribution in [3.8, 4) is 5.75 Å². The molecule has 1 heterocycles. The number of hydrogen-bond acceptors (Lipinski definition) is 4. The number of anilines is 1. The molecule has 0 unspecified atom stereocenters. The van der Waals surface area contributed by atoms with Gasteiger partial charge in [0.05, 0.1) is 0 Å². The molecule has 20 heavy (non-hydrogen) atoms. The van der Waals surface area contributed by atoms with Crippen LogP contribution >= 0.6 is 11.8 Å². The van der Waals surface area contributed by atoms with E-state index in [1.54, 1.807) is 11.8 Å². The van der Waals surface area contributed by atoms with Gasteiger partial charge >= 0.3 is 6.36 Å². The van der Waals surface area contributed by atoms with Crippen LogP contribution in [0.25, 0.3) is 0 Å². The zero-order valence-electron chi connectivity index (χ0n) is 11.1. The second-order valence-electron chi connectivity index (χ2n) is 5.27. The minimum atomic E-state index is -4.66. The van der Waals surface area contributed by atoms with Gasteiger partial charge in [-0.05, 0) is 29.7 Å². The van der Waals surface area contributed by atoms with Crippen molar-refractivity contribution in [3.63, 3.8) is 0 Å². The zero-order valence-corrected chi connectivity index (χ0v) is 11.9. The number of hydrogen-bond donors (Lipinski definition) is 1. The third kappa shape index (κ3) is 4.63. The molecule has 1 aliphatic heterocycles. The van der Waals surface area contributed by atoms with Crippen LogP contribution in [-0.2, 0) is 0 Å². The van der Waals surface area contributed by atoms with Crippen molar-refractivity contribution in [1.29, 1.82) is 0 Å². The topological polar surface area (TPSA) is 33.6 Å². The summed E-state index contributed by atoms with van der Waals surface area (Å²) in [6, 6.07) is 5.61. The lowest BCUT2D eigenvalue weighted by Gasteiger charge is -2.27. The van der Waals surface area contributed by atoms with Crippen LogP contribution in [0.3, 0.4) is 0 Å². The highest BCUT2D eigenvalue weighted by Gasteiger charge is 2.31. The monoisotopic (exact) mass is 304 g/mol. The second kappa shape index (κ2) is 5.55. The number of ether oxygens (including phenoxy) is 1. The van der Waals surface area contributed by atoms with Gasteiger partial charge in [0.2, 0.25) is 0 Å². The second-order valence-corrected chi connectivity index (χ2v) is 6.24.